The summed E-state index contributed by atoms with van der Waals surface area (Å²) in [5.74, 6) is 0.605. The SMILES string of the molecule is CCOC(=O)c1ccc(-c2cn[nH]c2-c2ccc(OC)cc2O)o1. The second-order valence-electron chi connectivity index (χ2n) is 4.93. The fourth-order valence-electron chi connectivity index (χ4n) is 2.32. The number of ether oxygens (including phenoxy) is 2. The Kier molecular flexibility index (Phi) is 4.24. The van der Waals surface area contributed by atoms with Crippen LogP contribution < -0.4 is 4.74 Å². The number of hydrogen-bond acceptors (Lipinski definition) is 6. The summed E-state index contributed by atoms with van der Waals surface area (Å²) >= 11 is 0. The van der Waals surface area contributed by atoms with Crippen molar-refractivity contribution in [3.8, 4) is 34.1 Å². The van der Waals surface area contributed by atoms with Gasteiger partial charge in [0.15, 0.2) is 0 Å². The number of H-pyrrole nitrogens is 1. The van der Waals surface area contributed by atoms with Crippen LogP contribution in [0, 0.1) is 0 Å². The van der Waals surface area contributed by atoms with E-state index in [1.54, 1.807) is 31.3 Å². The molecule has 0 atom stereocenters. The Morgan fingerprint density at radius 3 is 2.83 bits per heavy atom. The molecule has 0 radical (unpaired) electrons. The Hall–Kier alpha value is -3.22. The van der Waals surface area contributed by atoms with Crippen LogP contribution in [0.1, 0.15) is 17.5 Å². The maximum absolute atomic E-state index is 11.7. The minimum absolute atomic E-state index is 0.0389. The maximum Gasteiger partial charge on any atom is 0.374 e. The van der Waals surface area contributed by atoms with Gasteiger partial charge in [-0.2, -0.15) is 5.10 Å². The van der Waals surface area contributed by atoms with Crippen molar-refractivity contribution in [3.63, 3.8) is 0 Å². The first kappa shape index (κ1) is 15.7. The van der Waals surface area contributed by atoms with Gasteiger partial charge in [0.05, 0.1) is 31.2 Å². The third-order valence-electron chi connectivity index (χ3n) is 3.46. The van der Waals surface area contributed by atoms with Gasteiger partial charge >= 0.3 is 5.97 Å². The molecule has 0 spiro atoms. The van der Waals surface area contributed by atoms with E-state index in [9.17, 15) is 9.90 Å². The van der Waals surface area contributed by atoms with Gasteiger partial charge in [-0.15, -0.1) is 0 Å². The normalized spacial score (nSPS) is 10.6. The monoisotopic (exact) mass is 328 g/mol. The largest absolute Gasteiger partial charge is 0.507 e. The van der Waals surface area contributed by atoms with Crippen molar-refractivity contribution in [3.05, 3.63) is 42.3 Å². The van der Waals surface area contributed by atoms with Crippen molar-refractivity contribution in [1.82, 2.24) is 10.2 Å². The molecule has 2 heterocycles. The van der Waals surface area contributed by atoms with Crippen LogP contribution in [0.4, 0.5) is 0 Å². The van der Waals surface area contributed by atoms with Crippen LogP contribution in [0.2, 0.25) is 0 Å². The minimum Gasteiger partial charge on any atom is -0.507 e. The second-order valence-corrected chi connectivity index (χ2v) is 4.93. The van der Waals surface area contributed by atoms with Gasteiger partial charge in [0.2, 0.25) is 5.76 Å². The van der Waals surface area contributed by atoms with Crippen LogP contribution >= 0.6 is 0 Å². The van der Waals surface area contributed by atoms with Crippen molar-refractivity contribution < 1.29 is 23.8 Å². The number of nitrogens with zero attached hydrogens (tertiary/aromatic N) is 1. The van der Waals surface area contributed by atoms with E-state index >= 15 is 0 Å². The average Bonchev–Trinajstić information content (AvgIpc) is 3.23. The number of benzene rings is 1. The van der Waals surface area contributed by atoms with E-state index in [4.69, 9.17) is 13.9 Å². The van der Waals surface area contributed by atoms with Crippen LogP contribution in [0.15, 0.2) is 40.9 Å². The molecule has 0 unspecified atom stereocenters. The molecule has 0 saturated heterocycles. The Bertz CT molecular complexity index is 866. The van der Waals surface area contributed by atoms with Crippen molar-refractivity contribution in [2.24, 2.45) is 0 Å². The number of aromatic amines is 1. The molecule has 0 fully saturated rings. The molecule has 0 saturated carbocycles. The number of nitrogens with one attached hydrogen (secondary N) is 1. The summed E-state index contributed by atoms with van der Waals surface area (Å²) in [6.07, 6.45) is 1.56. The summed E-state index contributed by atoms with van der Waals surface area (Å²) in [4.78, 5) is 11.7. The van der Waals surface area contributed by atoms with E-state index < -0.39 is 5.97 Å². The number of carbonyl (C=O) groups is 1. The molecule has 24 heavy (non-hydrogen) atoms. The summed E-state index contributed by atoms with van der Waals surface area (Å²) < 4.78 is 15.5. The van der Waals surface area contributed by atoms with Gasteiger partial charge in [-0.3, -0.25) is 5.10 Å². The zero-order valence-electron chi connectivity index (χ0n) is 13.2. The molecule has 7 heteroatoms. The average molecular weight is 328 g/mol. The number of phenols is 1. The maximum atomic E-state index is 11.7. The molecule has 0 bridgehead atoms. The number of aromatic nitrogens is 2. The molecular weight excluding hydrogens is 312 g/mol. The van der Waals surface area contributed by atoms with Gasteiger partial charge in [0.25, 0.3) is 0 Å². The van der Waals surface area contributed by atoms with Gasteiger partial charge in [0.1, 0.15) is 17.3 Å². The lowest BCUT2D eigenvalue weighted by Gasteiger charge is -2.06. The summed E-state index contributed by atoms with van der Waals surface area (Å²) in [5.41, 5.74) is 1.73. The number of rotatable bonds is 5. The van der Waals surface area contributed by atoms with Crippen molar-refractivity contribution in [1.29, 1.82) is 0 Å². The van der Waals surface area contributed by atoms with Gasteiger partial charge in [-0.1, -0.05) is 0 Å². The van der Waals surface area contributed by atoms with Gasteiger partial charge < -0.3 is 19.0 Å². The first-order valence-electron chi connectivity index (χ1n) is 7.32. The lowest BCUT2D eigenvalue weighted by molar-refractivity contribution is 0.0491. The molecule has 7 nitrogen and oxygen atoms in total. The fourth-order valence-corrected chi connectivity index (χ4v) is 2.32. The molecule has 0 aliphatic heterocycles. The minimum atomic E-state index is -0.527. The van der Waals surface area contributed by atoms with Gasteiger partial charge in [-0.05, 0) is 31.2 Å². The summed E-state index contributed by atoms with van der Waals surface area (Å²) in [5, 5.41) is 17.0. The molecule has 3 rings (SSSR count). The highest BCUT2D eigenvalue weighted by molar-refractivity contribution is 5.88. The highest BCUT2D eigenvalue weighted by Gasteiger charge is 2.19. The molecule has 0 aliphatic rings. The number of furan rings is 1. The van der Waals surface area contributed by atoms with E-state index in [2.05, 4.69) is 10.2 Å². The molecule has 3 aromatic rings. The Labute approximate surface area is 137 Å². The predicted molar refractivity (Wildman–Crippen MR) is 85.9 cm³/mol. The summed E-state index contributed by atoms with van der Waals surface area (Å²) in [6, 6.07) is 8.14. The Morgan fingerprint density at radius 1 is 1.29 bits per heavy atom. The molecule has 0 aliphatic carbocycles. The van der Waals surface area contributed by atoms with E-state index in [0.29, 0.717) is 28.3 Å². The van der Waals surface area contributed by atoms with Crippen molar-refractivity contribution in [2.75, 3.05) is 13.7 Å². The second kappa shape index (κ2) is 6.49. The van der Waals surface area contributed by atoms with Crippen LogP contribution in [-0.2, 0) is 4.74 Å². The standard InChI is InChI=1S/C17H16N2O5/c1-3-23-17(21)15-7-6-14(24-15)12-9-18-19-16(12)11-5-4-10(22-2)8-13(11)20/h4-9,20H,3H2,1-2H3,(H,18,19). The molecule has 124 valence electrons. The highest BCUT2D eigenvalue weighted by Crippen LogP contribution is 2.37. The Morgan fingerprint density at radius 2 is 2.12 bits per heavy atom. The highest BCUT2D eigenvalue weighted by atomic mass is 16.5. The molecule has 2 aromatic heterocycles. The van der Waals surface area contributed by atoms with Crippen molar-refractivity contribution in [2.45, 2.75) is 6.92 Å². The topological polar surface area (TPSA) is 97.6 Å². The number of carbonyl (C=O) groups excluding carboxylic acids is 1. The first-order valence-corrected chi connectivity index (χ1v) is 7.32. The van der Waals surface area contributed by atoms with E-state index in [1.807, 2.05) is 0 Å². The van der Waals surface area contributed by atoms with E-state index in [0.717, 1.165) is 0 Å². The lowest BCUT2D eigenvalue weighted by atomic mass is 10.1. The van der Waals surface area contributed by atoms with Gasteiger partial charge in [-0.25, -0.2) is 4.79 Å². The number of aromatic hydroxyl groups is 1. The van der Waals surface area contributed by atoms with Crippen LogP contribution in [0.5, 0.6) is 11.5 Å². The van der Waals surface area contributed by atoms with Crippen LogP contribution in [-0.4, -0.2) is 35.0 Å². The van der Waals surface area contributed by atoms with Crippen LogP contribution in [0.3, 0.4) is 0 Å². The third-order valence-corrected chi connectivity index (χ3v) is 3.46. The van der Waals surface area contributed by atoms with Gasteiger partial charge in [0, 0.05) is 11.6 Å². The smallest absolute Gasteiger partial charge is 0.374 e. The zero-order valence-corrected chi connectivity index (χ0v) is 13.2. The molecule has 1 aromatic carbocycles. The summed E-state index contributed by atoms with van der Waals surface area (Å²) in [6.45, 7) is 1.99. The lowest BCUT2D eigenvalue weighted by Crippen LogP contribution is -2.02. The Balaban J connectivity index is 1.98. The van der Waals surface area contributed by atoms with Crippen LogP contribution in [0.25, 0.3) is 22.6 Å². The molecule has 0 amide bonds. The van der Waals surface area contributed by atoms with Crippen molar-refractivity contribution >= 4 is 5.97 Å². The van der Waals surface area contributed by atoms with E-state index in [1.165, 1.54) is 19.2 Å². The predicted octanol–water partition coefficient (Wildman–Crippen LogP) is 3.23. The van der Waals surface area contributed by atoms with E-state index in [-0.39, 0.29) is 18.1 Å². The summed E-state index contributed by atoms with van der Waals surface area (Å²) in [7, 11) is 1.52. The fraction of sp³-hybridized carbons (Fsp3) is 0.176. The zero-order chi connectivity index (χ0) is 17.1. The third kappa shape index (κ3) is 2.83. The number of phenolic OH excluding ortho intramolecular Hbond substituents is 1. The number of hydrogen-bond donors (Lipinski definition) is 2. The molecule has 2 N–H and O–H groups in total. The number of esters is 1. The number of methoxy groups -OCH3 is 1. The quantitative estimate of drug-likeness (QED) is 0.698. The molecular formula is C17H16N2O5. The first-order chi connectivity index (χ1) is 11.6.